The Balaban J connectivity index is 0.000000711. The fourth-order valence-corrected chi connectivity index (χ4v) is 4.60. The topological polar surface area (TPSA) is 84.8 Å². The van der Waals surface area contributed by atoms with Crippen LogP contribution in [0.5, 0.6) is 0 Å². The summed E-state index contributed by atoms with van der Waals surface area (Å²) in [5.74, 6) is -0.722. The summed E-state index contributed by atoms with van der Waals surface area (Å²) in [5.41, 5.74) is 1.99. The van der Waals surface area contributed by atoms with Crippen molar-refractivity contribution < 1.29 is 42.4 Å². The van der Waals surface area contributed by atoms with Gasteiger partial charge in [0, 0.05) is 45.7 Å². The molecule has 0 saturated heterocycles. The molecular formula is C31H39Br2F5N2O4. The number of hydrogen-bond acceptors (Lipinski definition) is 5. The van der Waals surface area contributed by atoms with Gasteiger partial charge in [0.1, 0.15) is 17.2 Å². The molecule has 0 spiro atoms. The number of ether oxygens (including phenoxy) is 1. The Labute approximate surface area is 273 Å². The van der Waals surface area contributed by atoms with Crippen LogP contribution in [-0.2, 0) is 9.53 Å². The van der Waals surface area contributed by atoms with E-state index in [1.54, 1.807) is 40.7 Å². The van der Waals surface area contributed by atoms with Gasteiger partial charge < -0.3 is 10.1 Å². The molecule has 0 saturated carbocycles. The first-order chi connectivity index (χ1) is 20.7. The highest BCUT2D eigenvalue weighted by Gasteiger charge is 2.25. The van der Waals surface area contributed by atoms with Crippen molar-refractivity contribution in [3.63, 3.8) is 0 Å². The number of carbonyl (C=O) groups is 3. The van der Waals surface area contributed by atoms with Gasteiger partial charge in [-0.1, -0.05) is 29.8 Å². The number of benzene rings is 2. The zero-order chi connectivity index (χ0) is 35.0. The Hall–Kier alpha value is -2.67. The van der Waals surface area contributed by atoms with Gasteiger partial charge >= 0.3 is 12.3 Å². The quantitative estimate of drug-likeness (QED) is 0.181. The number of carbonyl (C=O) groups excluding carboxylic acids is 3. The van der Waals surface area contributed by atoms with Crippen molar-refractivity contribution in [2.75, 3.05) is 0 Å². The largest absolute Gasteiger partial charge is 0.446 e. The lowest BCUT2D eigenvalue weighted by atomic mass is 10.0. The van der Waals surface area contributed by atoms with Crippen LogP contribution >= 0.6 is 31.9 Å². The Morgan fingerprint density at radius 2 is 1.64 bits per heavy atom. The predicted octanol–water partition coefficient (Wildman–Crippen LogP) is 9.80. The van der Waals surface area contributed by atoms with Gasteiger partial charge in [0.2, 0.25) is 6.29 Å². The molecule has 2 unspecified atom stereocenters. The molecule has 13 heteroatoms. The molecule has 0 radical (unpaired) electrons. The normalized spacial score (nSPS) is 15.0. The van der Waals surface area contributed by atoms with E-state index in [0.717, 1.165) is 28.6 Å². The number of aliphatic imine (C=N–C) groups is 1. The van der Waals surface area contributed by atoms with Gasteiger partial charge in [0.25, 0.3) is 0 Å². The molecule has 1 heterocycles. The minimum atomic E-state index is -4.64. The fraction of sp³-hybridized carbons (Fsp3) is 0.484. The summed E-state index contributed by atoms with van der Waals surface area (Å²) in [4.78, 5) is 36.9. The van der Waals surface area contributed by atoms with Crippen molar-refractivity contribution in [2.45, 2.75) is 98.0 Å². The average molecular weight is 759 g/mol. The zero-order valence-corrected chi connectivity index (χ0v) is 28.6. The minimum absolute atomic E-state index is 0.107. The SMILES string of the molecule is CC(CCC(=O)c1ccc(F)cc1Br)NC(=O)OC(C)(C)C.CC1CCC(c2ccc(F)cc2Br)=N1.O=CC(F)(F)F.[2H]CC. The lowest BCUT2D eigenvalue weighted by molar-refractivity contribution is -0.156. The number of nitrogens with zero attached hydrogens (tertiary/aromatic N) is 1. The second kappa shape index (κ2) is 19.7. The van der Waals surface area contributed by atoms with Crippen molar-refractivity contribution in [3.8, 4) is 0 Å². The molecule has 2 atom stereocenters. The van der Waals surface area contributed by atoms with Gasteiger partial charge in [0.15, 0.2) is 5.78 Å². The van der Waals surface area contributed by atoms with E-state index >= 15 is 0 Å². The first-order valence-corrected chi connectivity index (χ1v) is 15.1. The van der Waals surface area contributed by atoms with Gasteiger partial charge in [-0.2, -0.15) is 13.2 Å². The Bertz CT molecular complexity index is 1290. The van der Waals surface area contributed by atoms with E-state index in [1.807, 2.05) is 0 Å². The summed E-state index contributed by atoms with van der Waals surface area (Å²) in [5, 5.41) is 2.68. The molecule has 3 rings (SSSR count). The van der Waals surface area contributed by atoms with Crippen molar-refractivity contribution in [1.29, 1.82) is 0 Å². The number of hydrogen-bond donors (Lipinski definition) is 1. The third-order valence-electron chi connectivity index (χ3n) is 5.35. The van der Waals surface area contributed by atoms with Gasteiger partial charge in [-0.3, -0.25) is 14.6 Å². The van der Waals surface area contributed by atoms with E-state index in [9.17, 15) is 31.5 Å². The average Bonchev–Trinajstić information content (AvgIpc) is 3.32. The summed E-state index contributed by atoms with van der Waals surface area (Å²) >= 11 is 6.53. The number of ketones is 1. The van der Waals surface area contributed by atoms with Crippen LogP contribution in [0.15, 0.2) is 50.3 Å². The third kappa shape index (κ3) is 17.6. The first kappa shape index (κ1) is 39.4. The first-order valence-electron chi connectivity index (χ1n) is 14.3. The Morgan fingerprint density at radius 3 is 2.07 bits per heavy atom. The van der Waals surface area contributed by atoms with E-state index in [4.69, 9.17) is 10.9 Å². The Morgan fingerprint density at radius 1 is 1.11 bits per heavy atom. The number of amides is 1. The molecule has 44 heavy (non-hydrogen) atoms. The molecule has 1 aliphatic heterocycles. The molecule has 0 aromatic heterocycles. The van der Waals surface area contributed by atoms with Crippen LogP contribution in [0.1, 0.15) is 91.4 Å². The smallest absolute Gasteiger partial charge is 0.444 e. The second-order valence-corrected chi connectivity index (χ2v) is 12.1. The van der Waals surface area contributed by atoms with Crippen LogP contribution in [0.4, 0.5) is 26.7 Å². The highest BCUT2D eigenvalue weighted by atomic mass is 79.9. The minimum Gasteiger partial charge on any atom is -0.444 e. The highest BCUT2D eigenvalue weighted by molar-refractivity contribution is 9.10. The number of Topliss-reactive ketones (excluding diaryl/α,β-unsaturated/α-hetero) is 1. The van der Waals surface area contributed by atoms with E-state index in [-0.39, 0.29) is 24.1 Å². The van der Waals surface area contributed by atoms with Crippen LogP contribution in [0.2, 0.25) is 0 Å². The number of halogens is 7. The van der Waals surface area contributed by atoms with E-state index in [0.29, 0.717) is 29.4 Å². The maximum Gasteiger partial charge on any atom is 0.446 e. The van der Waals surface area contributed by atoms with Crippen molar-refractivity contribution in [2.24, 2.45) is 4.99 Å². The molecule has 2 aromatic carbocycles. The third-order valence-corrected chi connectivity index (χ3v) is 6.66. The lowest BCUT2D eigenvalue weighted by Crippen LogP contribution is -2.37. The monoisotopic (exact) mass is 757 g/mol. The number of alkyl halides is 3. The van der Waals surface area contributed by atoms with E-state index < -0.39 is 30.0 Å². The van der Waals surface area contributed by atoms with Crippen LogP contribution in [-0.4, -0.2) is 47.7 Å². The zero-order valence-electron chi connectivity index (χ0n) is 26.5. The molecule has 1 N–H and O–H groups in total. The van der Waals surface area contributed by atoms with E-state index in [1.165, 1.54) is 30.3 Å². The molecule has 246 valence electrons. The maximum atomic E-state index is 13.0. The standard InChI is InChI=1S/C16H21BrFNO3.C11H11BrFN.C2HF3O.C2H6/c1-10(19-15(21)22-16(2,3)4)5-8-14(20)12-7-6-11(18)9-13(12)17;1-7-2-5-11(14-7)9-4-3-8(13)6-10(9)12;3-2(4,5)1-6;1-2/h6-7,9-10H,5,8H2,1-4H3,(H,19,21);3-4,6-7H,2,5H2,1H3;1H;1-2H3/i;;;1D. The summed E-state index contributed by atoms with van der Waals surface area (Å²) in [6.45, 7) is 11.5. The van der Waals surface area contributed by atoms with Gasteiger partial charge in [-0.05, 0) is 106 Å². The van der Waals surface area contributed by atoms with Crippen molar-refractivity contribution in [1.82, 2.24) is 5.32 Å². The highest BCUT2D eigenvalue weighted by Crippen LogP contribution is 2.25. The molecule has 2 aromatic rings. The van der Waals surface area contributed by atoms with Crippen LogP contribution < -0.4 is 5.32 Å². The summed E-state index contributed by atoms with van der Waals surface area (Å²) in [6, 6.07) is 8.92. The van der Waals surface area contributed by atoms with Gasteiger partial charge in [-0.25, -0.2) is 13.6 Å². The van der Waals surface area contributed by atoms with Crippen LogP contribution in [0.3, 0.4) is 0 Å². The summed E-state index contributed by atoms with van der Waals surface area (Å²) in [7, 11) is 0. The van der Waals surface area contributed by atoms with Crippen molar-refractivity contribution in [3.05, 3.63) is 68.1 Å². The molecule has 0 bridgehead atoms. The van der Waals surface area contributed by atoms with Gasteiger partial charge in [-0.15, -0.1) is 0 Å². The van der Waals surface area contributed by atoms with Gasteiger partial charge in [0.05, 0.1) is 0 Å². The molecule has 0 fully saturated rings. The fourth-order valence-electron chi connectivity index (χ4n) is 3.45. The molecule has 1 amide bonds. The number of nitrogens with one attached hydrogen (secondary N) is 1. The number of alkyl carbamates (subject to hydrolysis) is 1. The molecule has 6 nitrogen and oxygen atoms in total. The number of aldehydes is 1. The van der Waals surface area contributed by atoms with Crippen molar-refractivity contribution >= 4 is 55.7 Å². The summed E-state index contributed by atoms with van der Waals surface area (Å²) < 4.78 is 69.7. The molecule has 1 aliphatic rings. The molecule has 0 aliphatic carbocycles. The predicted molar refractivity (Wildman–Crippen MR) is 169 cm³/mol. The second-order valence-electron chi connectivity index (χ2n) is 10.4. The summed E-state index contributed by atoms with van der Waals surface area (Å²) in [6.07, 6.45) is -3.39. The molecular weight excluding hydrogens is 719 g/mol. The van der Waals surface area contributed by atoms with Crippen LogP contribution in [0.25, 0.3) is 0 Å². The lowest BCUT2D eigenvalue weighted by Gasteiger charge is -2.21. The van der Waals surface area contributed by atoms with Crippen LogP contribution in [0, 0.1) is 11.6 Å². The maximum absolute atomic E-state index is 13.0. The Kier molecular flexibility index (Phi) is 17.6. The van der Waals surface area contributed by atoms with E-state index in [2.05, 4.69) is 49.1 Å². The number of rotatable bonds is 6.